The van der Waals surface area contributed by atoms with Crippen molar-refractivity contribution in [2.24, 2.45) is 5.73 Å². The molecular weight excluding hydrogens is 306 g/mol. The first-order valence-electron chi connectivity index (χ1n) is 8.61. The molecule has 24 heavy (non-hydrogen) atoms. The van der Waals surface area contributed by atoms with Crippen molar-refractivity contribution in [2.75, 3.05) is 32.8 Å². The maximum absolute atomic E-state index is 12.5. The van der Waals surface area contributed by atoms with Crippen LogP contribution in [0, 0.1) is 0 Å². The molecule has 132 valence electrons. The summed E-state index contributed by atoms with van der Waals surface area (Å²) >= 11 is 0. The Morgan fingerprint density at radius 1 is 1.12 bits per heavy atom. The predicted octanol–water partition coefficient (Wildman–Crippen LogP) is 1.64. The molecule has 2 amide bonds. The molecule has 0 radical (unpaired) electrons. The second-order valence-electron chi connectivity index (χ2n) is 6.08. The second kappa shape index (κ2) is 9.27. The van der Waals surface area contributed by atoms with Crippen LogP contribution in [0.2, 0.25) is 0 Å². The molecule has 6 heteroatoms. The summed E-state index contributed by atoms with van der Waals surface area (Å²) in [6.45, 7) is 4.51. The number of rotatable bonds is 6. The summed E-state index contributed by atoms with van der Waals surface area (Å²) in [6, 6.07) is 9.21. The van der Waals surface area contributed by atoms with Crippen LogP contribution in [0.5, 0.6) is 0 Å². The Hall–Kier alpha value is -2.08. The molecule has 6 nitrogen and oxygen atoms in total. The highest BCUT2D eigenvalue weighted by Gasteiger charge is 2.27. The molecule has 1 atom stereocenters. The van der Waals surface area contributed by atoms with Crippen LogP contribution in [0.3, 0.4) is 0 Å². The number of benzene rings is 1. The van der Waals surface area contributed by atoms with Gasteiger partial charge in [0.25, 0.3) is 0 Å². The molecule has 0 aromatic heterocycles. The molecule has 0 aliphatic carbocycles. The second-order valence-corrected chi connectivity index (χ2v) is 6.08. The van der Waals surface area contributed by atoms with Gasteiger partial charge in [0.05, 0.1) is 12.6 Å². The van der Waals surface area contributed by atoms with E-state index >= 15 is 0 Å². The van der Waals surface area contributed by atoms with Gasteiger partial charge in [-0.05, 0) is 18.4 Å². The van der Waals surface area contributed by atoms with E-state index < -0.39 is 6.04 Å². The number of piperazine rings is 1. The van der Waals surface area contributed by atoms with Crippen LogP contribution in [0.1, 0.15) is 25.3 Å². The van der Waals surface area contributed by atoms with Crippen LogP contribution in [0.4, 0.5) is 4.79 Å². The van der Waals surface area contributed by atoms with Gasteiger partial charge in [0.2, 0.25) is 5.91 Å². The predicted molar refractivity (Wildman–Crippen MR) is 92.5 cm³/mol. The Morgan fingerprint density at radius 3 is 2.38 bits per heavy atom. The zero-order chi connectivity index (χ0) is 17.4. The Labute approximate surface area is 143 Å². The summed E-state index contributed by atoms with van der Waals surface area (Å²) in [5.74, 6) is -0.0575. The maximum atomic E-state index is 12.5. The highest BCUT2D eigenvalue weighted by molar-refractivity contribution is 5.82. The van der Waals surface area contributed by atoms with Crippen molar-refractivity contribution in [2.45, 2.75) is 32.2 Å². The molecule has 1 saturated heterocycles. The third kappa shape index (κ3) is 5.23. The lowest BCUT2D eigenvalue weighted by atomic mass is 10.1. The largest absolute Gasteiger partial charge is 0.449 e. The summed E-state index contributed by atoms with van der Waals surface area (Å²) < 4.78 is 5.20. The van der Waals surface area contributed by atoms with Crippen molar-refractivity contribution in [1.29, 1.82) is 0 Å². The maximum Gasteiger partial charge on any atom is 0.409 e. The van der Waals surface area contributed by atoms with Crippen LogP contribution in [0.25, 0.3) is 0 Å². The highest BCUT2D eigenvalue weighted by atomic mass is 16.6. The van der Waals surface area contributed by atoms with Crippen LogP contribution in [-0.4, -0.2) is 60.6 Å². The van der Waals surface area contributed by atoms with Crippen molar-refractivity contribution in [3.63, 3.8) is 0 Å². The van der Waals surface area contributed by atoms with Crippen molar-refractivity contribution in [3.8, 4) is 0 Å². The number of nitrogens with zero attached hydrogens (tertiary/aromatic N) is 2. The summed E-state index contributed by atoms with van der Waals surface area (Å²) in [4.78, 5) is 27.8. The summed E-state index contributed by atoms with van der Waals surface area (Å²) in [7, 11) is 0. The topological polar surface area (TPSA) is 75.9 Å². The molecule has 0 spiro atoms. The molecule has 1 unspecified atom stereocenters. The van der Waals surface area contributed by atoms with Gasteiger partial charge >= 0.3 is 6.09 Å². The lowest BCUT2D eigenvalue weighted by Gasteiger charge is -2.35. The van der Waals surface area contributed by atoms with Crippen LogP contribution in [0.15, 0.2) is 30.3 Å². The van der Waals surface area contributed by atoms with E-state index in [1.807, 2.05) is 30.3 Å². The van der Waals surface area contributed by atoms with Gasteiger partial charge in [-0.3, -0.25) is 4.79 Å². The van der Waals surface area contributed by atoms with E-state index in [1.165, 1.54) is 0 Å². The minimum atomic E-state index is -0.546. The summed E-state index contributed by atoms with van der Waals surface area (Å²) in [5, 5.41) is 0. The number of carbonyl (C=O) groups excluding carboxylic acids is 2. The van der Waals surface area contributed by atoms with Gasteiger partial charge in [-0.1, -0.05) is 43.7 Å². The molecule has 1 aliphatic heterocycles. The fourth-order valence-electron chi connectivity index (χ4n) is 2.69. The standard InChI is InChI=1S/C18H27N3O3/c1-2-3-13-24-18(23)21-11-9-20(10-12-21)17(22)16(19)14-15-7-5-4-6-8-15/h4-8,16H,2-3,9-14,19H2,1H3. The van der Waals surface area contributed by atoms with E-state index in [-0.39, 0.29) is 12.0 Å². The third-order valence-electron chi connectivity index (χ3n) is 4.19. The van der Waals surface area contributed by atoms with Gasteiger partial charge < -0.3 is 20.3 Å². The molecule has 0 saturated carbocycles. The van der Waals surface area contributed by atoms with Crippen LogP contribution in [-0.2, 0) is 16.0 Å². The molecule has 1 aromatic carbocycles. The highest BCUT2D eigenvalue weighted by Crippen LogP contribution is 2.09. The fraction of sp³-hybridized carbons (Fsp3) is 0.556. The number of hydrogen-bond acceptors (Lipinski definition) is 4. The molecule has 1 heterocycles. The average molecular weight is 333 g/mol. The number of ether oxygens (including phenoxy) is 1. The van der Waals surface area contributed by atoms with Gasteiger partial charge in [0.1, 0.15) is 0 Å². The number of hydrogen-bond donors (Lipinski definition) is 1. The van der Waals surface area contributed by atoms with E-state index in [1.54, 1.807) is 9.80 Å². The van der Waals surface area contributed by atoms with Crippen LogP contribution >= 0.6 is 0 Å². The summed E-state index contributed by atoms with van der Waals surface area (Å²) in [5.41, 5.74) is 7.11. The van der Waals surface area contributed by atoms with Crippen LogP contribution < -0.4 is 5.73 Å². The Morgan fingerprint density at radius 2 is 1.75 bits per heavy atom. The lowest BCUT2D eigenvalue weighted by Crippen LogP contribution is -2.54. The molecular formula is C18H27N3O3. The molecule has 1 aromatic rings. The zero-order valence-corrected chi connectivity index (χ0v) is 14.3. The van der Waals surface area contributed by atoms with Crippen molar-refractivity contribution in [1.82, 2.24) is 9.80 Å². The third-order valence-corrected chi connectivity index (χ3v) is 4.19. The Balaban J connectivity index is 1.76. The monoisotopic (exact) mass is 333 g/mol. The normalized spacial score (nSPS) is 15.9. The molecule has 1 aliphatic rings. The molecule has 1 fully saturated rings. The summed E-state index contributed by atoms with van der Waals surface area (Å²) in [6.07, 6.45) is 2.11. The lowest BCUT2D eigenvalue weighted by molar-refractivity contribution is -0.134. The van der Waals surface area contributed by atoms with E-state index in [2.05, 4.69) is 6.92 Å². The van der Waals surface area contributed by atoms with E-state index in [0.29, 0.717) is 39.2 Å². The SMILES string of the molecule is CCCCOC(=O)N1CCN(C(=O)C(N)Cc2ccccc2)CC1. The van der Waals surface area contributed by atoms with Gasteiger partial charge in [-0.15, -0.1) is 0 Å². The number of unbranched alkanes of at least 4 members (excludes halogenated alkanes) is 1. The minimum Gasteiger partial charge on any atom is -0.449 e. The van der Waals surface area contributed by atoms with Gasteiger partial charge in [0.15, 0.2) is 0 Å². The number of carbonyl (C=O) groups is 2. The first-order chi connectivity index (χ1) is 11.6. The number of amides is 2. The quantitative estimate of drug-likeness (QED) is 0.803. The van der Waals surface area contributed by atoms with E-state index in [9.17, 15) is 9.59 Å². The molecule has 2 N–H and O–H groups in total. The zero-order valence-electron chi connectivity index (χ0n) is 14.3. The first kappa shape index (κ1) is 18.3. The number of nitrogens with two attached hydrogens (primary N) is 1. The van der Waals surface area contributed by atoms with Gasteiger partial charge in [-0.2, -0.15) is 0 Å². The van der Waals surface area contributed by atoms with E-state index in [0.717, 1.165) is 18.4 Å². The van der Waals surface area contributed by atoms with Gasteiger partial charge in [0, 0.05) is 26.2 Å². The average Bonchev–Trinajstić information content (AvgIpc) is 2.62. The van der Waals surface area contributed by atoms with Crippen molar-refractivity contribution < 1.29 is 14.3 Å². The van der Waals surface area contributed by atoms with E-state index in [4.69, 9.17) is 10.5 Å². The first-order valence-corrected chi connectivity index (χ1v) is 8.61. The minimum absolute atomic E-state index is 0.0575. The Bertz CT molecular complexity index is 528. The fourth-order valence-corrected chi connectivity index (χ4v) is 2.69. The van der Waals surface area contributed by atoms with Gasteiger partial charge in [-0.25, -0.2) is 4.79 Å². The molecule has 2 rings (SSSR count). The van der Waals surface area contributed by atoms with Crippen molar-refractivity contribution >= 4 is 12.0 Å². The smallest absolute Gasteiger partial charge is 0.409 e. The Kier molecular flexibility index (Phi) is 7.06. The molecule has 0 bridgehead atoms. The van der Waals surface area contributed by atoms with Crippen molar-refractivity contribution in [3.05, 3.63) is 35.9 Å².